The highest BCUT2D eigenvalue weighted by atomic mass is 19.4. The smallest absolute Gasteiger partial charge is 0.418 e. The molecule has 1 saturated carbocycles. The Labute approximate surface area is 143 Å². The molecule has 0 saturated heterocycles. The SMILES string of the molecule is CC(C)CCOc1cc(C(F)(F)F)c2c(c1)nnn2[C@H]1C[C@@](C)(O)C1. The van der Waals surface area contributed by atoms with Crippen molar-refractivity contribution in [2.45, 2.75) is 57.9 Å². The van der Waals surface area contributed by atoms with Crippen molar-refractivity contribution >= 4 is 11.0 Å². The molecule has 5 nitrogen and oxygen atoms in total. The zero-order valence-electron chi connectivity index (χ0n) is 14.5. The van der Waals surface area contributed by atoms with E-state index in [1.54, 1.807) is 6.92 Å². The van der Waals surface area contributed by atoms with Crippen molar-refractivity contribution in [3.8, 4) is 5.75 Å². The fourth-order valence-electron chi connectivity index (χ4n) is 3.15. The first-order chi connectivity index (χ1) is 11.6. The van der Waals surface area contributed by atoms with Gasteiger partial charge < -0.3 is 9.84 Å². The molecule has 1 aromatic carbocycles. The van der Waals surface area contributed by atoms with Gasteiger partial charge in [-0.15, -0.1) is 5.10 Å². The average molecular weight is 357 g/mol. The molecule has 25 heavy (non-hydrogen) atoms. The Bertz CT molecular complexity index is 760. The van der Waals surface area contributed by atoms with Gasteiger partial charge in [-0.2, -0.15) is 13.2 Å². The van der Waals surface area contributed by atoms with E-state index in [4.69, 9.17) is 4.74 Å². The van der Waals surface area contributed by atoms with E-state index in [0.29, 0.717) is 25.4 Å². The van der Waals surface area contributed by atoms with Gasteiger partial charge in [0.15, 0.2) is 0 Å². The molecule has 1 heterocycles. The Kier molecular flexibility index (Phi) is 4.43. The first kappa shape index (κ1) is 18.0. The van der Waals surface area contributed by atoms with Crippen molar-refractivity contribution in [2.24, 2.45) is 5.92 Å². The molecule has 1 aliphatic carbocycles. The quantitative estimate of drug-likeness (QED) is 0.880. The molecule has 0 aliphatic heterocycles. The van der Waals surface area contributed by atoms with E-state index in [-0.39, 0.29) is 22.8 Å². The van der Waals surface area contributed by atoms with Crippen LogP contribution in [0.5, 0.6) is 5.75 Å². The molecule has 138 valence electrons. The molecule has 2 aromatic rings. The molecule has 1 aromatic heterocycles. The zero-order chi connectivity index (χ0) is 18.4. The molecule has 3 rings (SSSR count). The maximum Gasteiger partial charge on any atom is 0.418 e. The minimum absolute atomic E-state index is 0.0517. The van der Waals surface area contributed by atoms with Gasteiger partial charge in [-0.25, -0.2) is 4.68 Å². The standard InChI is InChI=1S/C17H22F3N3O2/c1-10(2)4-5-25-12-6-13(17(18,19)20)15-14(7-12)21-22-23(15)11-8-16(3,24)9-11/h6-7,10-11,24H,4-5,8-9H2,1-3H3/t11-,16+. The van der Waals surface area contributed by atoms with E-state index in [9.17, 15) is 18.3 Å². The van der Waals surface area contributed by atoms with E-state index < -0.39 is 17.3 Å². The fraction of sp³-hybridized carbons (Fsp3) is 0.647. The highest BCUT2D eigenvalue weighted by Crippen LogP contribution is 2.44. The van der Waals surface area contributed by atoms with E-state index in [1.165, 1.54) is 10.7 Å². The molecular formula is C17H22F3N3O2. The van der Waals surface area contributed by atoms with Crippen LogP contribution in [0.1, 0.15) is 51.6 Å². The van der Waals surface area contributed by atoms with Crippen LogP contribution in [0, 0.1) is 5.92 Å². The van der Waals surface area contributed by atoms with Crippen molar-refractivity contribution in [3.05, 3.63) is 17.7 Å². The van der Waals surface area contributed by atoms with Crippen LogP contribution in [-0.4, -0.2) is 32.3 Å². The third-order valence-corrected chi connectivity index (χ3v) is 4.51. The number of benzene rings is 1. The maximum atomic E-state index is 13.6. The van der Waals surface area contributed by atoms with Crippen molar-refractivity contribution in [3.63, 3.8) is 0 Å². The van der Waals surface area contributed by atoms with E-state index in [0.717, 1.165) is 12.5 Å². The molecule has 8 heteroatoms. The highest BCUT2D eigenvalue weighted by Gasteiger charge is 2.43. The molecule has 0 spiro atoms. The van der Waals surface area contributed by atoms with Gasteiger partial charge in [0.25, 0.3) is 0 Å². The highest BCUT2D eigenvalue weighted by molar-refractivity contribution is 5.81. The zero-order valence-corrected chi connectivity index (χ0v) is 14.5. The van der Waals surface area contributed by atoms with E-state index in [1.807, 2.05) is 13.8 Å². The Balaban J connectivity index is 1.97. The monoisotopic (exact) mass is 357 g/mol. The summed E-state index contributed by atoms with van der Waals surface area (Å²) < 4.78 is 47.5. The molecule has 0 amide bonds. The Hall–Kier alpha value is -1.83. The van der Waals surface area contributed by atoms with Gasteiger partial charge in [0.05, 0.1) is 23.8 Å². The van der Waals surface area contributed by atoms with Crippen LogP contribution in [0.3, 0.4) is 0 Å². The number of nitrogens with zero attached hydrogens (tertiary/aromatic N) is 3. The summed E-state index contributed by atoms with van der Waals surface area (Å²) >= 11 is 0. The summed E-state index contributed by atoms with van der Waals surface area (Å²) in [4.78, 5) is 0. The molecule has 0 bridgehead atoms. The molecule has 1 N–H and O–H groups in total. The number of fused-ring (bicyclic) bond motifs is 1. The number of rotatable bonds is 5. The molecule has 1 fully saturated rings. The number of hydrogen-bond donors (Lipinski definition) is 1. The lowest BCUT2D eigenvalue weighted by molar-refractivity contribution is -0.136. The van der Waals surface area contributed by atoms with Crippen molar-refractivity contribution < 1.29 is 23.0 Å². The summed E-state index contributed by atoms with van der Waals surface area (Å²) in [6.45, 7) is 6.05. The summed E-state index contributed by atoms with van der Waals surface area (Å²) in [7, 11) is 0. The lowest BCUT2D eigenvalue weighted by Gasteiger charge is -2.40. The van der Waals surface area contributed by atoms with Gasteiger partial charge in [0.1, 0.15) is 16.8 Å². The second kappa shape index (κ2) is 6.16. The summed E-state index contributed by atoms with van der Waals surface area (Å²) in [5, 5.41) is 17.7. The first-order valence-corrected chi connectivity index (χ1v) is 8.38. The summed E-state index contributed by atoms with van der Waals surface area (Å²) in [5.41, 5.74) is -1.56. The fourth-order valence-corrected chi connectivity index (χ4v) is 3.15. The third-order valence-electron chi connectivity index (χ3n) is 4.51. The number of halogens is 3. The third kappa shape index (κ3) is 3.73. The Morgan fingerprint density at radius 1 is 1.36 bits per heavy atom. The van der Waals surface area contributed by atoms with Gasteiger partial charge >= 0.3 is 6.18 Å². The van der Waals surface area contributed by atoms with Gasteiger partial charge in [0.2, 0.25) is 0 Å². The number of alkyl halides is 3. The summed E-state index contributed by atoms with van der Waals surface area (Å²) in [6.07, 6.45) is -3.07. The lowest BCUT2D eigenvalue weighted by Crippen LogP contribution is -2.42. The van der Waals surface area contributed by atoms with Crippen LogP contribution in [0.4, 0.5) is 13.2 Å². The van der Waals surface area contributed by atoms with Crippen molar-refractivity contribution in [1.82, 2.24) is 15.0 Å². The van der Waals surface area contributed by atoms with Crippen molar-refractivity contribution in [2.75, 3.05) is 6.61 Å². The number of ether oxygens (including phenoxy) is 1. The summed E-state index contributed by atoms with van der Waals surface area (Å²) in [6, 6.07) is 2.22. The minimum atomic E-state index is -4.54. The second-order valence-corrected chi connectivity index (χ2v) is 7.46. The van der Waals surface area contributed by atoms with Crippen LogP contribution < -0.4 is 4.74 Å². The van der Waals surface area contributed by atoms with Crippen molar-refractivity contribution in [1.29, 1.82) is 0 Å². The molecule has 0 unspecified atom stereocenters. The number of aromatic nitrogens is 3. The average Bonchev–Trinajstić information content (AvgIpc) is 2.85. The van der Waals surface area contributed by atoms with Crippen LogP contribution >= 0.6 is 0 Å². The molecule has 0 radical (unpaired) electrons. The largest absolute Gasteiger partial charge is 0.493 e. The maximum absolute atomic E-state index is 13.6. The van der Waals surface area contributed by atoms with E-state index >= 15 is 0 Å². The van der Waals surface area contributed by atoms with Crippen LogP contribution in [0.25, 0.3) is 11.0 Å². The van der Waals surface area contributed by atoms with Crippen LogP contribution in [0.15, 0.2) is 12.1 Å². The summed E-state index contributed by atoms with van der Waals surface area (Å²) in [5.74, 6) is 0.547. The van der Waals surface area contributed by atoms with Gasteiger partial charge in [-0.05, 0) is 38.2 Å². The van der Waals surface area contributed by atoms with Gasteiger partial charge in [0, 0.05) is 6.07 Å². The molecule has 1 aliphatic rings. The number of aliphatic hydroxyl groups is 1. The minimum Gasteiger partial charge on any atom is -0.493 e. The second-order valence-electron chi connectivity index (χ2n) is 7.46. The lowest BCUT2D eigenvalue weighted by atomic mass is 9.77. The topological polar surface area (TPSA) is 60.2 Å². The Morgan fingerprint density at radius 3 is 2.60 bits per heavy atom. The molecule has 0 atom stereocenters. The molecular weight excluding hydrogens is 335 g/mol. The van der Waals surface area contributed by atoms with Crippen LogP contribution in [0.2, 0.25) is 0 Å². The predicted octanol–water partition coefficient (Wildman–Crippen LogP) is 3.96. The van der Waals surface area contributed by atoms with Gasteiger partial charge in [-0.3, -0.25) is 0 Å². The van der Waals surface area contributed by atoms with E-state index in [2.05, 4.69) is 10.3 Å². The van der Waals surface area contributed by atoms with Gasteiger partial charge in [-0.1, -0.05) is 19.1 Å². The number of hydrogen-bond acceptors (Lipinski definition) is 4. The van der Waals surface area contributed by atoms with Crippen LogP contribution in [-0.2, 0) is 6.18 Å². The normalized spacial score (nSPS) is 23.9. The first-order valence-electron chi connectivity index (χ1n) is 8.38. The Morgan fingerprint density at radius 2 is 2.04 bits per heavy atom. The predicted molar refractivity (Wildman–Crippen MR) is 86.4 cm³/mol.